The van der Waals surface area contributed by atoms with Crippen LogP contribution in [0.1, 0.15) is 20.9 Å². The Balaban J connectivity index is 1.27. The quantitative estimate of drug-likeness (QED) is 0.637. The minimum absolute atomic E-state index is 0.133. The molecule has 8 heteroatoms. The average Bonchev–Trinajstić information content (AvgIpc) is 3.23. The topological polar surface area (TPSA) is 92.1 Å². The largest absolute Gasteiger partial charge is 0.465 e. The number of methoxy groups -OCH3 is 1. The summed E-state index contributed by atoms with van der Waals surface area (Å²) < 4.78 is 10.3. The Bertz CT molecular complexity index is 1060. The first kappa shape index (κ1) is 20.6. The number of nitrogens with zero attached hydrogens (tertiary/aromatic N) is 2. The van der Waals surface area contributed by atoms with Gasteiger partial charge >= 0.3 is 5.97 Å². The molecular weight excluding hydrogens is 398 g/mol. The Morgan fingerprint density at radius 3 is 2.39 bits per heavy atom. The van der Waals surface area contributed by atoms with Crippen molar-refractivity contribution in [1.82, 2.24) is 9.80 Å². The van der Waals surface area contributed by atoms with E-state index in [0.717, 1.165) is 5.39 Å². The zero-order chi connectivity index (χ0) is 21.8. The Labute approximate surface area is 179 Å². The molecule has 0 saturated carbocycles. The number of carbonyl (C=O) groups excluding carboxylic acids is 3. The van der Waals surface area contributed by atoms with E-state index in [9.17, 15) is 14.4 Å². The van der Waals surface area contributed by atoms with Crippen molar-refractivity contribution in [2.45, 2.75) is 0 Å². The summed E-state index contributed by atoms with van der Waals surface area (Å²) in [5, 5.41) is 3.72. The highest BCUT2D eigenvalue weighted by molar-refractivity contribution is 5.96. The number of benzene rings is 2. The van der Waals surface area contributed by atoms with Crippen LogP contribution in [0, 0.1) is 0 Å². The standard InChI is InChI=1S/C23H23N3O5/c1-30-23(29)16-6-8-18(9-7-16)24-21(27)15-25-10-12-26(13-11-25)22(28)20-14-17-4-2-3-5-19(17)31-20/h2-9,14H,10-13,15H2,1H3,(H,24,27). The molecule has 1 saturated heterocycles. The van der Waals surface area contributed by atoms with Gasteiger partial charge in [0.05, 0.1) is 19.2 Å². The van der Waals surface area contributed by atoms with E-state index in [2.05, 4.69) is 10.1 Å². The first-order chi connectivity index (χ1) is 15.0. The smallest absolute Gasteiger partial charge is 0.337 e. The number of hydrogen-bond donors (Lipinski definition) is 1. The molecule has 31 heavy (non-hydrogen) atoms. The lowest BCUT2D eigenvalue weighted by Crippen LogP contribution is -2.50. The van der Waals surface area contributed by atoms with Crippen LogP contribution < -0.4 is 5.32 Å². The fraction of sp³-hybridized carbons (Fsp3) is 0.261. The van der Waals surface area contributed by atoms with E-state index in [-0.39, 0.29) is 18.4 Å². The van der Waals surface area contributed by atoms with Gasteiger partial charge in [-0.3, -0.25) is 14.5 Å². The zero-order valence-electron chi connectivity index (χ0n) is 17.2. The molecule has 2 heterocycles. The maximum Gasteiger partial charge on any atom is 0.337 e. The summed E-state index contributed by atoms with van der Waals surface area (Å²) in [6, 6.07) is 15.8. The van der Waals surface area contributed by atoms with Crippen LogP contribution in [0.4, 0.5) is 5.69 Å². The molecule has 160 valence electrons. The van der Waals surface area contributed by atoms with Gasteiger partial charge in [-0.05, 0) is 36.4 Å². The predicted molar refractivity (Wildman–Crippen MR) is 115 cm³/mol. The third kappa shape index (κ3) is 4.75. The van der Waals surface area contributed by atoms with Crippen LogP contribution in [-0.4, -0.2) is 67.4 Å². The van der Waals surface area contributed by atoms with Crippen LogP contribution in [0.3, 0.4) is 0 Å². The van der Waals surface area contributed by atoms with Gasteiger partial charge in [-0.15, -0.1) is 0 Å². The van der Waals surface area contributed by atoms with E-state index in [1.807, 2.05) is 29.2 Å². The van der Waals surface area contributed by atoms with Crippen molar-refractivity contribution >= 4 is 34.4 Å². The van der Waals surface area contributed by atoms with Gasteiger partial charge in [0, 0.05) is 37.3 Å². The molecule has 1 N–H and O–H groups in total. The van der Waals surface area contributed by atoms with Gasteiger partial charge in [0.2, 0.25) is 5.91 Å². The molecule has 4 rings (SSSR count). The number of esters is 1. The first-order valence-electron chi connectivity index (χ1n) is 10.0. The van der Waals surface area contributed by atoms with Gasteiger partial charge in [0.25, 0.3) is 5.91 Å². The molecule has 1 aliphatic rings. The van der Waals surface area contributed by atoms with Crippen LogP contribution in [-0.2, 0) is 9.53 Å². The molecule has 0 bridgehead atoms. The van der Waals surface area contributed by atoms with Crippen molar-refractivity contribution in [1.29, 1.82) is 0 Å². The van der Waals surface area contributed by atoms with Crippen molar-refractivity contribution in [2.75, 3.05) is 45.2 Å². The van der Waals surface area contributed by atoms with Crippen molar-refractivity contribution in [3.63, 3.8) is 0 Å². The van der Waals surface area contributed by atoms with Crippen molar-refractivity contribution in [3.05, 3.63) is 65.9 Å². The van der Waals surface area contributed by atoms with E-state index in [1.54, 1.807) is 35.2 Å². The highest BCUT2D eigenvalue weighted by Gasteiger charge is 2.25. The summed E-state index contributed by atoms with van der Waals surface area (Å²) in [6.45, 7) is 2.47. The molecule has 2 amide bonds. The van der Waals surface area contributed by atoms with E-state index in [1.165, 1.54) is 7.11 Å². The molecule has 1 fully saturated rings. The maximum absolute atomic E-state index is 12.7. The third-order valence-electron chi connectivity index (χ3n) is 5.25. The molecule has 3 aromatic rings. The second-order valence-electron chi connectivity index (χ2n) is 7.33. The highest BCUT2D eigenvalue weighted by atomic mass is 16.5. The van der Waals surface area contributed by atoms with E-state index in [0.29, 0.717) is 48.8 Å². The molecule has 0 unspecified atom stereocenters. The predicted octanol–water partition coefficient (Wildman–Crippen LogP) is 2.62. The van der Waals surface area contributed by atoms with Crippen molar-refractivity contribution in [2.24, 2.45) is 0 Å². The van der Waals surface area contributed by atoms with Gasteiger partial charge in [0.15, 0.2) is 5.76 Å². The van der Waals surface area contributed by atoms with E-state index in [4.69, 9.17) is 4.42 Å². The minimum atomic E-state index is -0.423. The number of furan rings is 1. The number of rotatable bonds is 5. The van der Waals surface area contributed by atoms with Crippen LogP contribution in [0.5, 0.6) is 0 Å². The first-order valence-corrected chi connectivity index (χ1v) is 10.0. The van der Waals surface area contributed by atoms with Crippen LogP contribution >= 0.6 is 0 Å². The molecule has 8 nitrogen and oxygen atoms in total. The number of anilines is 1. The molecule has 0 spiro atoms. The summed E-state index contributed by atoms with van der Waals surface area (Å²) >= 11 is 0. The Kier molecular flexibility index (Phi) is 5.99. The molecule has 2 aromatic carbocycles. The fourth-order valence-corrected chi connectivity index (χ4v) is 3.56. The summed E-state index contributed by atoms with van der Waals surface area (Å²) in [6.07, 6.45) is 0. The Morgan fingerprint density at radius 2 is 1.71 bits per heavy atom. The molecule has 0 radical (unpaired) electrons. The van der Waals surface area contributed by atoms with Crippen LogP contribution in [0.2, 0.25) is 0 Å². The monoisotopic (exact) mass is 421 g/mol. The lowest BCUT2D eigenvalue weighted by atomic mass is 10.2. The van der Waals surface area contributed by atoms with Crippen molar-refractivity contribution in [3.8, 4) is 0 Å². The lowest BCUT2D eigenvalue weighted by molar-refractivity contribution is -0.117. The Morgan fingerprint density at radius 1 is 1.00 bits per heavy atom. The number of piperazine rings is 1. The summed E-state index contributed by atoms with van der Waals surface area (Å²) in [5.74, 6) is -0.371. The number of amides is 2. The fourth-order valence-electron chi connectivity index (χ4n) is 3.56. The molecule has 1 aromatic heterocycles. The summed E-state index contributed by atoms with van der Waals surface area (Å²) in [4.78, 5) is 40.3. The second-order valence-corrected chi connectivity index (χ2v) is 7.33. The number of nitrogens with one attached hydrogen (secondary N) is 1. The molecule has 0 aliphatic carbocycles. The number of carbonyl (C=O) groups is 3. The second kappa shape index (κ2) is 9.01. The normalized spacial score (nSPS) is 14.4. The SMILES string of the molecule is COC(=O)c1ccc(NC(=O)CN2CCN(C(=O)c3cc4ccccc4o3)CC2)cc1. The van der Waals surface area contributed by atoms with Crippen LogP contribution in [0.25, 0.3) is 11.0 Å². The summed E-state index contributed by atoms with van der Waals surface area (Å²) in [7, 11) is 1.32. The Hall–Kier alpha value is -3.65. The number of fused-ring (bicyclic) bond motifs is 1. The van der Waals surface area contributed by atoms with E-state index >= 15 is 0 Å². The molecule has 1 aliphatic heterocycles. The zero-order valence-corrected chi connectivity index (χ0v) is 17.2. The van der Waals surface area contributed by atoms with Gasteiger partial charge < -0.3 is 19.4 Å². The highest BCUT2D eigenvalue weighted by Crippen LogP contribution is 2.20. The van der Waals surface area contributed by atoms with E-state index < -0.39 is 5.97 Å². The number of hydrogen-bond acceptors (Lipinski definition) is 6. The number of para-hydroxylation sites is 1. The minimum Gasteiger partial charge on any atom is -0.465 e. The van der Waals surface area contributed by atoms with Gasteiger partial charge in [-0.2, -0.15) is 0 Å². The van der Waals surface area contributed by atoms with Crippen LogP contribution in [0.15, 0.2) is 59.0 Å². The van der Waals surface area contributed by atoms with Gasteiger partial charge in [0.1, 0.15) is 5.58 Å². The molecular formula is C23H23N3O5. The third-order valence-corrected chi connectivity index (χ3v) is 5.25. The molecule has 0 atom stereocenters. The average molecular weight is 421 g/mol. The van der Waals surface area contributed by atoms with Gasteiger partial charge in [-0.25, -0.2) is 4.79 Å². The maximum atomic E-state index is 12.7. The summed E-state index contributed by atoms with van der Waals surface area (Å²) in [5.41, 5.74) is 1.72. The lowest BCUT2D eigenvalue weighted by Gasteiger charge is -2.33. The van der Waals surface area contributed by atoms with Gasteiger partial charge in [-0.1, -0.05) is 18.2 Å². The number of ether oxygens (including phenoxy) is 1. The van der Waals surface area contributed by atoms with Crippen molar-refractivity contribution < 1.29 is 23.5 Å².